The van der Waals surface area contributed by atoms with E-state index >= 15 is 0 Å². The molecule has 0 atom stereocenters. The number of nitrogens with zero attached hydrogens (tertiary/aromatic N) is 2. The van der Waals surface area contributed by atoms with Crippen LogP contribution in [0.3, 0.4) is 0 Å². The normalized spacial score (nSPS) is 11.3. The summed E-state index contributed by atoms with van der Waals surface area (Å²) in [6.07, 6.45) is -3.26. The first-order valence-corrected chi connectivity index (χ1v) is 8.04. The maximum atomic E-state index is 13.2. The Labute approximate surface area is 154 Å². The molecule has 27 heavy (non-hydrogen) atoms. The lowest BCUT2D eigenvalue weighted by Gasteiger charge is -2.14. The highest BCUT2D eigenvalue weighted by Gasteiger charge is 2.33. The molecule has 3 N–H and O–H groups in total. The zero-order valence-electron chi connectivity index (χ0n) is 14.4. The first-order chi connectivity index (χ1) is 12.9. The molecule has 0 amide bonds. The molecule has 2 aromatic carbocycles. The second-order valence-electron chi connectivity index (χ2n) is 5.73. The standard InChI is InChI=1S/C19H17F3N4O/c1-27-13-8-6-12(7-9-13)10-25-18-17(23)24-11-16(26-18)14-4-2-3-5-15(14)19(20,21)22/h2-9,11H,10H2,1H3,(H2,23,24)(H,25,26). The van der Waals surface area contributed by atoms with Gasteiger partial charge in [-0.2, -0.15) is 13.2 Å². The number of methoxy groups -OCH3 is 1. The summed E-state index contributed by atoms with van der Waals surface area (Å²) in [6.45, 7) is 0.382. The largest absolute Gasteiger partial charge is 0.497 e. The second-order valence-corrected chi connectivity index (χ2v) is 5.73. The number of anilines is 2. The average molecular weight is 374 g/mol. The van der Waals surface area contributed by atoms with Crippen molar-refractivity contribution in [2.45, 2.75) is 12.7 Å². The molecule has 0 saturated heterocycles. The zero-order valence-corrected chi connectivity index (χ0v) is 14.4. The van der Waals surface area contributed by atoms with Crippen LogP contribution >= 0.6 is 0 Å². The van der Waals surface area contributed by atoms with Crippen LogP contribution in [-0.4, -0.2) is 17.1 Å². The van der Waals surface area contributed by atoms with Crippen molar-refractivity contribution < 1.29 is 17.9 Å². The van der Waals surface area contributed by atoms with Gasteiger partial charge in [0, 0.05) is 12.1 Å². The molecule has 0 spiro atoms. The Morgan fingerprint density at radius 2 is 1.78 bits per heavy atom. The van der Waals surface area contributed by atoms with Gasteiger partial charge in [-0.3, -0.25) is 0 Å². The van der Waals surface area contributed by atoms with E-state index in [0.717, 1.165) is 17.4 Å². The Bertz CT molecular complexity index is 927. The van der Waals surface area contributed by atoms with Crippen LogP contribution in [0.15, 0.2) is 54.7 Å². The van der Waals surface area contributed by atoms with Crippen LogP contribution in [-0.2, 0) is 12.7 Å². The van der Waals surface area contributed by atoms with E-state index in [2.05, 4.69) is 15.3 Å². The number of hydrogen-bond donors (Lipinski definition) is 2. The van der Waals surface area contributed by atoms with Crippen LogP contribution in [0, 0.1) is 0 Å². The SMILES string of the molecule is COc1ccc(CNc2nc(-c3ccccc3C(F)(F)F)cnc2N)cc1. The molecule has 0 radical (unpaired) electrons. The number of alkyl halides is 3. The van der Waals surface area contributed by atoms with E-state index in [4.69, 9.17) is 10.5 Å². The fourth-order valence-electron chi connectivity index (χ4n) is 2.54. The predicted octanol–water partition coefficient (Wildman–Crippen LogP) is 4.37. The van der Waals surface area contributed by atoms with Crippen LogP contribution in [0.5, 0.6) is 5.75 Å². The van der Waals surface area contributed by atoms with E-state index in [0.29, 0.717) is 6.54 Å². The molecule has 0 bridgehead atoms. The second kappa shape index (κ2) is 7.53. The highest BCUT2D eigenvalue weighted by atomic mass is 19.4. The summed E-state index contributed by atoms with van der Waals surface area (Å²) in [6, 6.07) is 12.6. The van der Waals surface area contributed by atoms with E-state index in [1.807, 2.05) is 24.3 Å². The summed E-state index contributed by atoms with van der Waals surface area (Å²) in [5, 5.41) is 3.01. The van der Waals surface area contributed by atoms with Crippen LogP contribution in [0.1, 0.15) is 11.1 Å². The van der Waals surface area contributed by atoms with Crippen LogP contribution < -0.4 is 15.8 Å². The van der Waals surface area contributed by atoms with Gasteiger partial charge in [0.2, 0.25) is 0 Å². The molecule has 0 aliphatic carbocycles. The van der Waals surface area contributed by atoms with Crippen molar-refractivity contribution in [1.29, 1.82) is 0 Å². The minimum absolute atomic E-state index is 0.0509. The molecule has 3 rings (SSSR count). The monoisotopic (exact) mass is 374 g/mol. The Hall–Kier alpha value is -3.29. The summed E-state index contributed by atoms with van der Waals surface area (Å²) in [4.78, 5) is 8.23. The van der Waals surface area contributed by atoms with Gasteiger partial charge >= 0.3 is 6.18 Å². The van der Waals surface area contributed by atoms with Gasteiger partial charge in [0.25, 0.3) is 0 Å². The molecular formula is C19H17F3N4O. The summed E-state index contributed by atoms with van der Waals surface area (Å²) in [7, 11) is 1.58. The molecule has 5 nitrogen and oxygen atoms in total. The molecule has 3 aromatic rings. The van der Waals surface area contributed by atoms with Crippen molar-refractivity contribution in [3.8, 4) is 17.0 Å². The lowest BCUT2D eigenvalue weighted by molar-refractivity contribution is -0.137. The van der Waals surface area contributed by atoms with Crippen molar-refractivity contribution in [3.63, 3.8) is 0 Å². The van der Waals surface area contributed by atoms with Gasteiger partial charge in [-0.05, 0) is 23.8 Å². The van der Waals surface area contributed by atoms with Crippen molar-refractivity contribution in [1.82, 2.24) is 9.97 Å². The summed E-state index contributed by atoms with van der Waals surface area (Å²) in [5.74, 6) is 1.06. The number of aromatic nitrogens is 2. The Balaban J connectivity index is 1.87. The number of nitrogens with one attached hydrogen (secondary N) is 1. The highest BCUT2D eigenvalue weighted by Crippen LogP contribution is 2.36. The molecule has 140 valence electrons. The third-order valence-corrected chi connectivity index (χ3v) is 3.93. The van der Waals surface area contributed by atoms with E-state index in [-0.39, 0.29) is 22.9 Å². The van der Waals surface area contributed by atoms with E-state index in [9.17, 15) is 13.2 Å². The van der Waals surface area contributed by atoms with Crippen LogP contribution in [0.4, 0.5) is 24.8 Å². The Morgan fingerprint density at radius 3 is 2.44 bits per heavy atom. The minimum atomic E-state index is -4.49. The maximum absolute atomic E-state index is 13.2. The van der Waals surface area contributed by atoms with E-state index < -0.39 is 11.7 Å². The molecule has 0 unspecified atom stereocenters. The zero-order chi connectivity index (χ0) is 19.4. The molecule has 8 heteroatoms. The number of nitrogen functional groups attached to an aromatic ring is 1. The van der Waals surface area contributed by atoms with Crippen molar-refractivity contribution in [2.24, 2.45) is 0 Å². The minimum Gasteiger partial charge on any atom is -0.497 e. The first kappa shape index (κ1) is 18.5. The first-order valence-electron chi connectivity index (χ1n) is 8.04. The quantitative estimate of drug-likeness (QED) is 0.694. The van der Waals surface area contributed by atoms with Gasteiger partial charge in [0.05, 0.1) is 24.6 Å². The van der Waals surface area contributed by atoms with Gasteiger partial charge in [-0.15, -0.1) is 0 Å². The average Bonchev–Trinajstić information content (AvgIpc) is 2.67. The third kappa shape index (κ3) is 4.28. The molecule has 0 aliphatic heterocycles. The number of hydrogen-bond acceptors (Lipinski definition) is 5. The van der Waals surface area contributed by atoms with Gasteiger partial charge in [-0.1, -0.05) is 30.3 Å². The van der Waals surface area contributed by atoms with Gasteiger partial charge in [0.15, 0.2) is 11.6 Å². The molecule has 1 heterocycles. The van der Waals surface area contributed by atoms with E-state index in [1.165, 1.54) is 24.4 Å². The Kier molecular flexibility index (Phi) is 5.16. The Morgan fingerprint density at radius 1 is 1.07 bits per heavy atom. The summed E-state index contributed by atoms with van der Waals surface area (Å²) < 4.78 is 44.8. The topological polar surface area (TPSA) is 73.1 Å². The van der Waals surface area contributed by atoms with Gasteiger partial charge < -0.3 is 15.8 Å². The van der Waals surface area contributed by atoms with Crippen molar-refractivity contribution in [3.05, 3.63) is 65.9 Å². The smallest absolute Gasteiger partial charge is 0.417 e. The van der Waals surface area contributed by atoms with Gasteiger partial charge in [0.1, 0.15) is 5.75 Å². The lowest BCUT2D eigenvalue weighted by Crippen LogP contribution is -2.10. The maximum Gasteiger partial charge on any atom is 0.417 e. The fourth-order valence-corrected chi connectivity index (χ4v) is 2.54. The van der Waals surface area contributed by atoms with Crippen LogP contribution in [0.2, 0.25) is 0 Å². The van der Waals surface area contributed by atoms with Crippen molar-refractivity contribution >= 4 is 11.6 Å². The molecule has 0 aliphatic rings. The third-order valence-electron chi connectivity index (χ3n) is 3.93. The summed E-state index contributed by atoms with van der Waals surface area (Å²) >= 11 is 0. The number of benzene rings is 2. The summed E-state index contributed by atoms with van der Waals surface area (Å²) in [5.41, 5.74) is 6.02. The number of halogens is 3. The molecule has 0 fully saturated rings. The molecule has 0 saturated carbocycles. The van der Waals surface area contributed by atoms with Crippen molar-refractivity contribution in [2.75, 3.05) is 18.2 Å². The van der Waals surface area contributed by atoms with E-state index in [1.54, 1.807) is 7.11 Å². The number of rotatable bonds is 5. The van der Waals surface area contributed by atoms with Gasteiger partial charge in [-0.25, -0.2) is 9.97 Å². The lowest BCUT2D eigenvalue weighted by atomic mass is 10.0. The number of nitrogens with two attached hydrogens (primary N) is 1. The number of ether oxygens (including phenoxy) is 1. The molecular weight excluding hydrogens is 357 g/mol. The highest BCUT2D eigenvalue weighted by molar-refractivity contribution is 5.68. The fraction of sp³-hybridized carbons (Fsp3) is 0.158. The molecule has 1 aromatic heterocycles. The predicted molar refractivity (Wildman–Crippen MR) is 97.2 cm³/mol. The van der Waals surface area contributed by atoms with Crippen LogP contribution in [0.25, 0.3) is 11.3 Å².